The molecule has 0 heterocycles. The van der Waals surface area contributed by atoms with Crippen LogP contribution in [0, 0.1) is 0 Å². The van der Waals surface area contributed by atoms with E-state index in [1.54, 1.807) is 5.84 Å². The number of rotatable bonds is 12. The summed E-state index contributed by atoms with van der Waals surface area (Å²) in [7, 11) is -2.66. The van der Waals surface area contributed by atoms with Crippen molar-refractivity contribution in [3.05, 3.63) is 0 Å². The fourth-order valence-corrected chi connectivity index (χ4v) is 3.68. The number of nitrogens with zero attached hydrogens (tertiary/aromatic N) is 1. The van der Waals surface area contributed by atoms with Crippen LogP contribution in [0.25, 0.3) is 0 Å². The highest BCUT2D eigenvalue weighted by Crippen LogP contribution is 2.08. The molecule has 0 atom stereocenters. The van der Waals surface area contributed by atoms with Crippen LogP contribution in [0.5, 0.6) is 0 Å². The van der Waals surface area contributed by atoms with E-state index < -0.39 is 8.80 Å². The third-order valence-corrected chi connectivity index (χ3v) is 5.00. The van der Waals surface area contributed by atoms with Gasteiger partial charge in [0.1, 0.15) is 0 Å². The van der Waals surface area contributed by atoms with Gasteiger partial charge < -0.3 is 13.3 Å². The monoisotopic (exact) mass is 275 g/mol. The molecule has 0 aliphatic heterocycles. The maximum absolute atomic E-state index is 5.68. The molecule has 18 heavy (non-hydrogen) atoms. The first kappa shape index (κ1) is 17.8. The third-order valence-electron chi connectivity index (χ3n) is 2.43. The van der Waals surface area contributed by atoms with E-state index in [4.69, 9.17) is 13.3 Å². The van der Waals surface area contributed by atoms with Crippen molar-refractivity contribution in [2.24, 2.45) is 4.99 Å². The number of aliphatic imine (C=N–C) groups is 1. The van der Waals surface area contributed by atoms with Crippen molar-refractivity contribution in [2.75, 3.05) is 26.4 Å². The Morgan fingerprint density at radius 2 is 1.39 bits per heavy atom. The number of hydrogen-bond donors (Lipinski definition) is 0. The average molecular weight is 275 g/mol. The van der Waals surface area contributed by atoms with Gasteiger partial charge in [0, 0.05) is 26.4 Å². The molecule has 0 amide bonds. The van der Waals surface area contributed by atoms with E-state index in [0.717, 1.165) is 13.0 Å². The van der Waals surface area contributed by atoms with Gasteiger partial charge in [0.15, 0.2) is 0 Å². The van der Waals surface area contributed by atoms with E-state index in [9.17, 15) is 0 Å². The minimum atomic E-state index is -2.66. The minimum Gasteiger partial charge on any atom is -0.370 e. The lowest BCUT2D eigenvalue weighted by atomic mass is 10.2. The Labute approximate surface area is 113 Å². The Hall–Kier alpha value is -0.233. The van der Waals surface area contributed by atoms with Crippen molar-refractivity contribution in [2.45, 2.75) is 53.4 Å². The fourth-order valence-electron chi connectivity index (χ4n) is 1.65. The van der Waals surface area contributed by atoms with E-state index in [-0.39, 0.29) is 0 Å². The van der Waals surface area contributed by atoms with Crippen molar-refractivity contribution in [3.8, 4) is 0 Å². The van der Waals surface area contributed by atoms with Crippen LogP contribution in [0.2, 0.25) is 0 Å². The first-order chi connectivity index (χ1) is 8.74. The Morgan fingerprint density at radius 1 is 0.833 bits per heavy atom. The van der Waals surface area contributed by atoms with E-state index in [0.29, 0.717) is 19.8 Å². The molecule has 0 saturated heterocycles. The van der Waals surface area contributed by atoms with Gasteiger partial charge in [0.2, 0.25) is 0 Å². The molecule has 5 heteroatoms. The molecule has 0 N–H and O–H groups in total. The number of unbranched alkanes of at least 4 members (excludes halogenated alkanes) is 3. The van der Waals surface area contributed by atoms with Gasteiger partial charge in [-0.3, -0.25) is 4.99 Å². The lowest BCUT2D eigenvalue weighted by Gasteiger charge is -2.24. The molecule has 0 aliphatic rings. The van der Waals surface area contributed by atoms with Gasteiger partial charge in [0.05, 0.1) is 5.84 Å². The zero-order valence-corrected chi connectivity index (χ0v) is 13.4. The molecule has 108 valence electrons. The lowest BCUT2D eigenvalue weighted by molar-refractivity contribution is 0.0912. The van der Waals surface area contributed by atoms with Gasteiger partial charge in [-0.2, -0.15) is 0 Å². The molecule has 0 aliphatic carbocycles. The summed E-state index contributed by atoms with van der Waals surface area (Å²) in [4.78, 5) is 4.43. The van der Waals surface area contributed by atoms with Gasteiger partial charge in [-0.05, 0) is 27.2 Å². The van der Waals surface area contributed by atoms with Crippen LogP contribution in [-0.4, -0.2) is 41.0 Å². The van der Waals surface area contributed by atoms with Crippen LogP contribution in [0.15, 0.2) is 4.99 Å². The standard InChI is InChI=1S/C13H29NO3Si/c1-5-9-10-11-12-14-13-18(15-6-2,16-7-3)17-8-4/h13H,5-12H2,1-4H3. The largest absolute Gasteiger partial charge is 0.548 e. The summed E-state index contributed by atoms with van der Waals surface area (Å²) in [6.45, 7) is 10.7. The molecule has 0 unspecified atom stereocenters. The molecule has 0 aromatic rings. The smallest absolute Gasteiger partial charge is 0.370 e. The van der Waals surface area contributed by atoms with E-state index >= 15 is 0 Å². The lowest BCUT2D eigenvalue weighted by Crippen LogP contribution is -2.48. The van der Waals surface area contributed by atoms with Gasteiger partial charge in [-0.25, -0.2) is 0 Å². The topological polar surface area (TPSA) is 40.0 Å². The highest BCUT2D eigenvalue weighted by molar-refractivity contribution is 6.87. The molecule has 0 radical (unpaired) electrons. The molecular weight excluding hydrogens is 246 g/mol. The normalized spacial score (nSPS) is 12.4. The second-order valence-electron chi connectivity index (χ2n) is 4.00. The Morgan fingerprint density at radius 3 is 1.83 bits per heavy atom. The van der Waals surface area contributed by atoms with E-state index in [1.807, 2.05) is 20.8 Å². The quantitative estimate of drug-likeness (QED) is 0.312. The zero-order valence-electron chi connectivity index (χ0n) is 12.4. The molecule has 0 saturated carbocycles. The molecule has 0 bridgehead atoms. The Balaban J connectivity index is 4.22. The summed E-state index contributed by atoms with van der Waals surface area (Å²) in [5, 5.41) is 0. The number of hydrogen-bond acceptors (Lipinski definition) is 4. The predicted octanol–water partition coefficient (Wildman–Crippen LogP) is 3.23. The van der Waals surface area contributed by atoms with Crippen molar-refractivity contribution in [1.29, 1.82) is 0 Å². The van der Waals surface area contributed by atoms with Crippen LogP contribution in [0.1, 0.15) is 53.4 Å². The van der Waals surface area contributed by atoms with Crippen molar-refractivity contribution in [1.82, 2.24) is 0 Å². The van der Waals surface area contributed by atoms with Crippen molar-refractivity contribution >= 4 is 14.6 Å². The summed E-state index contributed by atoms with van der Waals surface area (Å²) < 4.78 is 17.0. The minimum absolute atomic E-state index is 0.591. The summed E-state index contributed by atoms with van der Waals surface area (Å²) in [6, 6.07) is 0. The summed E-state index contributed by atoms with van der Waals surface area (Å²) >= 11 is 0. The van der Waals surface area contributed by atoms with Crippen LogP contribution < -0.4 is 0 Å². The first-order valence-corrected chi connectivity index (χ1v) is 8.97. The molecule has 0 aromatic heterocycles. The molecule has 0 rings (SSSR count). The summed E-state index contributed by atoms with van der Waals surface area (Å²) in [5.41, 5.74) is 0. The summed E-state index contributed by atoms with van der Waals surface area (Å²) in [6.07, 6.45) is 4.89. The van der Waals surface area contributed by atoms with Gasteiger partial charge in [-0.1, -0.05) is 26.2 Å². The van der Waals surface area contributed by atoms with Crippen LogP contribution in [0.3, 0.4) is 0 Å². The first-order valence-electron chi connectivity index (χ1n) is 7.17. The molecule has 4 nitrogen and oxygen atoms in total. The maximum atomic E-state index is 5.68. The highest BCUT2D eigenvalue weighted by Gasteiger charge is 2.38. The van der Waals surface area contributed by atoms with Crippen molar-refractivity contribution in [3.63, 3.8) is 0 Å². The molecule has 0 spiro atoms. The average Bonchev–Trinajstić information content (AvgIpc) is 2.35. The van der Waals surface area contributed by atoms with Crippen LogP contribution in [0.4, 0.5) is 0 Å². The van der Waals surface area contributed by atoms with Gasteiger partial charge >= 0.3 is 8.80 Å². The molecule has 0 fully saturated rings. The second kappa shape index (κ2) is 11.8. The highest BCUT2D eigenvalue weighted by atomic mass is 28.4. The SMILES string of the molecule is CCCCCCN=C[Si](OCC)(OCC)OCC. The van der Waals surface area contributed by atoms with Crippen LogP contribution >= 0.6 is 0 Å². The Kier molecular flexibility index (Phi) is 11.7. The van der Waals surface area contributed by atoms with E-state index in [1.165, 1.54) is 19.3 Å². The zero-order chi connectivity index (χ0) is 13.7. The summed E-state index contributed by atoms with van der Waals surface area (Å²) in [5.74, 6) is 1.80. The van der Waals surface area contributed by atoms with E-state index in [2.05, 4.69) is 11.9 Å². The fraction of sp³-hybridized carbons (Fsp3) is 0.923. The van der Waals surface area contributed by atoms with Gasteiger partial charge in [-0.15, -0.1) is 0 Å². The molecular formula is C13H29NO3Si. The molecule has 0 aromatic carbocycles. The Bertz CT molecular complexity index is 195. The van der Waals surface area contributed by atoms with Gasteiger partial charge in [0.25, 0.3) is 0 Å². The third kappa shape index (κ3) is 7.97. The second-order valence-corrected chi connectivity index (χ2v) is 6.33. The predicted molar refractivity (Wildman–Crippen MR) is 78.1 cm³/mol. The van der Waals surface area contributed by atoms with Crippen LogP contribution in [-0.2, 0) is 13.3 Å². The maximum Gasteiger partial charge on any atom is 0.548 e. The van der Waals surface area contributed by atoms with Crippen molar-refractivity contribution < 1.29 is 13.3 Å².